The zero-order chi connectivity index (χ0) is 18.1. The predicted octanol–water partition coefficient (Wildman–Crippen LogP) is 2.92. The van der Waals surface area contributed by atoms with Gasteiger partial charge in [0.15, 0.2) is 0 Å². The van der Waals surface area contributed by atoms with Crippen LogP contribution in [-0.4, -0.2) is 15.5 Å². The number of carbonyl (C=O) groups excluding carboxylic acids is 1. The fraction of sp³-hybridized carbons (Fsp3) is 0.167. The van der Waals surface area contributed by atoms with Crippen molar-refractivity contribution in [2.24, 2.45) is 0 Å². The molecule has 1 heterocycles. The van der Waals surface area contributed by atoms with Crippen molar-refractivity contribution >= 4 is 34.2 Å². The normalized spacial score (nSPS) is 10.8. The molecule has 0 saturated heterocycles. The summed E-state index contributed by atoms with van der Waals surface area (Å²) in [6.07, 6.45) is 0. The molecule has 0 atom stereocenters. The summed E-state index contributed by atoms with van der Waals surface area (Å²) in [5.41, 5.74) is 1.43. The number of benzene rings is 2. The molecule has 25 heavy (non-hydrogen) atoms. The van der Waals surface area contributed by atoms with Crippen LogP contribution in [0.25, 0.3) is 11.0 Å². The first kappa shape index (κ1) is 17.0. The van der Waals surface area contributed by atoms with Gasteiger partial charge in [0.2, 0.25) is 0 Å². The van der Waals surface area contributed by atoms with E-state index in [2.05, 4.69) is 10.3 Å². The third-order valence-electron chi connectivity index (χ3n) is 4.07. The second-order valence-electron chi connectivity index (χ2n) is 5.60. The van der Waals surface area contributed by atoms with Gasteiger partial charge < -0.3 is 14.9 Å². The van der Waals surface area contributed by atoms with Gasteiger partial charge in [-0.25, -0.2) is 0 Å². The van der Waals surface area contributed by atoms with Crippen molar-refractivity contribution in [1.29, 1.82) is 0 Å². The fourth-order valence-electron chi connectivity index (χ4n) is 2.67. The van der Waals surface area contributed by atoms with Crippen LogP contribution in [0.1, 0.15) is 22.8 Å². The zero-order valence-corrected chi connectivity index (χ0v) is 14.5. The maximum Gasteiger partial charge on any atom is 0.316 e. The number of aromatic nitrogens is 2. The number of amides is 1. The minimum atomic E-state index is -0.711. The molecule has 3 aromatic rings. The molecule has 6 nitrogen and oxygen atoms in total. The molecule has 128 valence electrons. The van der Waals surface area contributed by atoms with E-state index in [0.29, 0.717) is 33.9 Å². The average molecular weight is 358 g/mol. The Kier molecular flexibility index (Phi) is 4.46. The van der Waals surface area contributed by atoms with E-state index in [4.69, 9.17) is 11.6 Å². The van der Waals surface area contributed by atoms with Crippen LogP contribution >= 0.6 is 11.6 Å². The first-order valence-corrected chi connectivity index (χ1v) is 8.13. The van der Waals surface area contributed by atoms with Crippen LogP contribution in [0.5, 0.6) is 0 Å². The van der Waals surface area contributed by atoms with E-state index in [1.165, 1.54) is 4.57 Å². The lowest BCUT2D eigenvalue weighted by atomic mass is 10.1. The van der Waals surface area contributed by atoms with Crippen molar-refractivity contribution in [2.75, 3.05) is 5.32 Å². The van der Waals surface area contributed by atoms with Crippen LogP contribution < -0.4 is 16.4 Å². The molecule has 3 rings (SSSR count). The van der Waals surface area contributed by atoms with Crippen molar-refractivity contribution < 1.29 is 4.79 Å². The highest BCUT2D eigenvalue weighted by Gasteiger charge is 2.12. The number of aryl methyl sites for hydroxylation is 1. The lowest BCUT2D eigenvalue weighted by Gasteiger charge is -2.11. The minimum Gasteiger partial charge on any atom is -0.322 e. The monoisotopic (exact) mass is 357 g/mol. The fourth-order valence-corrected chi connectivity index (χ4v) is 2.85. The van der Waals surface area contributed by atoms with Crippen LogP contribution in [0.3, 0.4) is 0 Å². The molecule has 7 heteroatoms. The molecule has 0 aliphatic rings. The number of nitrogens with zero attached hydrogens (tertiary/aromatic N) is 1. The second-order valence-corrected chi connectivity index (χ2v) is 6.01. The van der Waals surface area contributed by atoms with Crippen molar-refractivity contribution in [2.45, 2.75) is 20.4 Å². The van der Waals surface area contributed by atoms with E-state index in [-0.39, 0.29) is 5.91 Å². The topological polar surface area (TPSA) is 84.0 Å². The summed E-state index contributed by atoms with van der Waals surface area (Å²) in [6, 6.07) is 10.1. The Morgan fingerprint density at radius 3 is 2.72 bits per heavy atom. The standard InChI is InChI=1S/C18H16ClN3O3/c1-3-22-15-8-7-11(9-14(15)21-17(24)18(22)25)16(23)20-13-6-4-5-12(19)10(13)2/h4-9H,3H2,1-2H3,(H,20,23)(H,21,24). The van der Waals surface area contributed by atoms with Gasteiger partial charge in [-0.3, -0.25) is 14.4 Å². The molecule has 1 amide bonds. The SMILES string of the molecule is CCn1c(=O)c(=O)[nH]c2cc(C(=O)Nc3cccc(Cl)c3C)ccc21. The number of halogens is 1. The molecule has 0 fully saturated rings. The maximum absolute atomic E-state index is 12.5. The van der Waals surface area contributed by atoms with E-state index in [1.54, 1.807) is 43.3 Å². The Morgan fingerprint density at radius 1 is 1.24 bits per heavy atom. The van der Waals surface area contributed by atoms with Gasteiger partial charge in [-0.15, -0.1) is 0 Å². The molecule has 2 N–H and O–H groups in total. The number of carbonyl (C=O) groups is 1. The summed E-state index contributed by atoms with van der Waals surface area (Å²) >= 11 is 6.06. The number of nitrogens with one attached hydrogen (secondary N) is 2. The lowest BCUT2D eigenvalue weighted by Crippen LogP contribution is -2.36. The molecule has 0 bridgehead atoms. The number of anilines is 1. The molecule has 0 unspecified atom stereocenters. The summed E-state index contributed by atoms with van der Waals surface area (Å²) in [5.74, 6) is -0.331. The zero-order valence-electron chi connectivity index (χ0n) is 13.7. The highest BCUT2D eigenvalue weighted by Crippen LogP contribution is 2.23. The molecule has 2 aromatic carbocycles. The van der Waals surface area contributed by atoms with Crippen LogP contribution in [0.4, 0.5) is 5.69 Å². The van der Waals surface area contributed by atoms with Gasteiger partial charge in [0, 0.05) is 22.8 Å². The summed E-state index contributed by atoms with van der Waals surface area (Å²) in [7, 11) is 0. The summed E-state index contributed by atoms with van der Waals surface area (Å²) in [5, 5.41) is 3.37. The van der Waals surface area contributed by atoms with Gasteiger partial charge >= 0.3 is 11.1 Å². The van der Waals surface area contributed by atoms with E-state index in [0.717, 1.165) is 5.56 Å². The average Bonchev–Trinajstić information content (AvgIpc) is 2.59. The molecule has 0 spiro atoms. The van der Waals surface area contributed by atoms with Crippen molar-refractivity contribution in [3.63, 3.8) is 0 Å². The predicted molar refractivity (Wildman–Crippen MR) is 98.6 cm³/mol. The quantitative estimate of drug-likeness (QED) is 0.707. The van der Waals surface area contributed by atoms with E-state index < -0.39 is 11.1 Å². The molecule has 1 aromatic heterocycles. The Bertz CT molecular complexity index is 1100. The Labute approximate surface area is 148 Å². The van der Waals surface area contributed by atoms with Crippen LogP contribution in [0.15, 0.2) is 46.0 Å². The maximum atomic E-state index is 12.5. The minimum absolute atomic E-state index is 0.331. The third kappa shape index (κ3) is 3.08. The van der Waals surface area contributed by atoms with Crippen LogP contribution in [-0.2, 0) is 6.54 Å². The Morgan fingerprint density at radius 2 is 2.00 bits per heavy atom. The third-order valence-corrected chi connectivity index (χ3v) is 4.48. The van der Waals surface area contributed by atoms with Crippen molar-refractivity contribution in [3.8, 4) is 0 Å². The molecular weight excluding hydrogens is 342 g/mol. The van der Waals surface area contributed by atoms with Gasteiger partial charge in [-0.05, 0) is 49.7 Å². The van der Waals surface area contributed by atoms with Gasteiger partial charge in [0.05, 0.1) is 11.0 Å². The van der Waals surface area contributed by atoms with Gasteiger partial charge in [-0.1, -0.05) is 17.7 Å². The molecule has 0 aliphatic heterocycles. The number of rotatable bonds is 3. The van der Waals surface area contributed by atoms with Gasteiger partial charge in [0.1, 0.15) is 0 Å². The molecule has 0 saturated carbocycles. The number of fused-ring (bicyclic) bond motifs is 1. The van der Waals surface area contributed by atoms with Crippen molar-refractivity contribution in [3.05, 3.63) is 73.3 Å². The van der Waals surface area contributed by atoms with Gasteiger partial charge in [0.25, 0.3) is 5.91 Å². The first-order valence-electron chi connectivity index (χ1n) is 7.75. The molecular formula is C18H16ClN3O3. The van der Waals surface area contributed by atoms with E-state index in [1.807, 2.05) is 6.92 Å². The van der Waals surface area contributed by atoms with E-state index in [9.17, 15) is 14.4 Å². The lowest BCUT2D eigenvalue weighted by molar-refractivity contribution is 0.102. The summed E-state index contributed by atoms with van der Waals surface area (Å²) in [4.78, 5) is 38.7. The first-order chi connectivity index (χ1) is 11.9. The van der Waals surface area contributed by atoms with Gasteiger partial charge in [-0.2, -0.15) is 0 Å². The number of aromatic amines is 1. The highest BCUT2D eigenvalue weighted by atomic mass is 35.5. The van der Waals surface area contributed by atoms with Crippen molar-refractivity contribution in [1.82, 2.24) is 9.55 Å². The Balaban J connectivity index is 2.03. The molecule has 0 radical (unpaired) electrons. The highest BCUT2D eigenvalue weighted by molar-refractivity contribution is 6.31. The van der Waals surface area contributed by atoms with E-state index >= 15 is 0 Å². The number of hydrogen-bond donors (Lipinski definition) is 2. The number of H-pyrrole nitrogens is 1. The van der Waals surface area contributed by atoms with Crippen LogP contribution in [0, 0.1) is 6.92 Å². The molecule has 0 aliphatic carbocycles. The second kappa shape index (κ2) is 6.57. The van der Waals surface area contributed by atoms with Crippen LogP contribution in [0.2, 0.25) is 5.02 Å². The number of hydrogen-bond acceptors (Lipinski definition) is 3. The Hall–Kier alpha value is -2.86. The summed E-state index contributed by atoms with van der Waals surface area (Å²) < 4.78 is 1.37. The summed E-state index contributed by atoms with van der Waals surface area (Å²) in [6.45, 7) is 3.96. The largest absolute Gasteiger partial charge is 0.322 e. The smallest absolute Gasteiger partial charge is 0.316 e.